The number of hydrogen-bond donors (Lipinski definition) is 1. The molecule has 2 rings (SSSR count). The van der Waals surface area contributed by atoms with Crippen LogP contribution in [0, 0.1) is 13.8 Å². The van der Waals surface area contributed by atoms with Crippen LogP contribution in [0.2, 0.25) is 0 Å². The first kappa shape index (κ1) is 13.6. The Balaban J connectivity index is 1.99. The van der Waals surface area contributed by atoms with Crippen molar-refractivity contribution >= 4 is 0 Å². The van der Waals surface area contributed by atoms with Crippen LogP contribution in [0.4, 0.5) is 0 Å². The molecule has 0 spiro atoms. The summed E-state index contributed by atoms with van der Waals surface area (Å²) < 4.78 is 0. The van der Waals surface area contributed by atoms with Gasteiger partial charge in [-0.3, -0.25) is 0 Å². The molecular weight excluding hydrogens is 220 g/mol. The summed E-state index contributed by atoms with van der Waals surface area (Å²) in [6, 6.07) is 6.76. The number of likely N-dealkylation sites (tertiary alicyclic amines) is 1. The lowest BCUT2D eigenvalue weighted by atomic mass is 9.99. The van der Waals surface area contributed by atoms with Gasteiger partial charge in [0.05, 0.1) is 0 Å². The van der Waals surface area contributed by atoms with Crippen molar-refractivity contribution in [2.24, 2.45) is 5.73 Å². The molecule has 2 nitrogen and oxygen atoms in total. The van der Waals surface area contributed by atoms with Crippen LogP contribution in [0.1, 0.15) is 48.4 Å². The summed E-state index contributed by atoms with van der Waals surface area (Å²) in [7, 11) is 0. The van der Waals surface area contributed by atoms with Crippen LogP contribution < -0.4 is 5.73 Å². The maximum absolute atomic E-state index is 6.39. The van der Waals surface area contributed by atoms with Crippen molar-refractivity contribution in [2.75, 3.05) is 19.6 Å². The van der Waals surface area contributed by atoms with Gasteiger partial charge in [0.1, 0.15) is 0 Å². The highest BCUT2D eigenvalue weighted by molar-refractivity contribution is 5.32. The lowest BCUT2D eigenvalue weighted by Crippen LogP contribution is -2.33. The van der Waals surface area contributed by atoms with Gasteiger partial charge in [-0.25, -0.2) is 0 Å². The molecule has 18 heavy (non-hydrogen) atoms. The van der Waals surface area contributed by atoms with Crippen molar-refractivity contribution in [3.05, 3.63) is 34.9 Å². The molecule has 100 valence electrons. The number of nitrogens with two attached hydrogens (primary N) is 1. The number of benzene rings is 1. The Bertz CT molecular complexity index is 379. The normalized spacial score (nSPS) is 19.5. The van der Waals surface area contributed by atoms with Crippen LogP contribution in [0.25, 0.3) is 0 Å². The summed E-state index contributed by atoms with van der Waals surface area (Å²) in [5.41, 5.74) is 10.3. The molecule has 1 atom stereocenters. The van der Waals surface area contributed by atoms with E-state index in [2.05, 4.69) is 36.9 Å². The molecule has 0 saturated carbocycles. The van der Waals surface area contributed by atoms with E-state index in [9.17, 15) is 0 Å². The van der Waals surface area contributed by atoms with Crippen molar-refractivity contribution in [2.45, 2.75) is 45.6 Å². The zero-order valence-corrected chi connectivity index (χ0v) is 11.8. The number of nitrogens with zero attached hydrogens (tertiary/aromatic N) is 1. The van der Waals surface area contributed by atoms with Crippen LogP contribution in [-0.2, 0) is 0 Å². The molecule has 0 radical (unpaired) electrons. The standard InChI is InChI=1S/C16H26N2/c1-13-7-8-15(14(2)11-13)16(17)12-18-9-5-3-4-6-10-18/h7-8,11,16H,3-6,9-10,12,17H2,1-2H3. The Morgan fingerprint density at radius 1 is 1.11 bits per heavy atom. The summed E-state index contributed by atoms with van der Waals surface area (Å²) in [6.45, 7) is 7.75. The highest BCUT2D eigenvalue weighted by atomic mass is 15.1. The van der Waals surface area contributed by atoms with Gasteiger partial charge in [-0.1, -0.05) is 36.6 Å². The number of rotatable bonds is 3. The minimum Gasteiger partial charge on any atom is -0.323 e. The van der Waals surface area contributed by atoms with E-state index >= 15 is 0 Å². The predicted octanol–water partition coefficient (Wildman–Crippen LogP) is 3.18. The summed E-state index contributed by atoms with van der Waals surface area (Å²) >= 11 is 0. The smallest absolute Gasteiger partial charge is 0.0426 e. The molecule has 1 aromatic rings. The fourth-order valence-electron chi connectivity index (χ4n) is 2.94. The van der Waals surface area contributed by atoms with E-state index in [1.165, 1.54) is 55.5 Å². The molecule has 1 aliphatic rings. The second kappa shape index (κ2) is 6.35. The van der Waals surface area contributed by atoms with Crippen molar-refractivity contribution in [3.8, 4) is 0 Å². The Morgan fingerprint density at radius 3 is 2.39 bits per heavy atom. The largest absolute Gasteiger partial charge is 0.323 e. The third-order valence-corrected chi connectivity index (χ3v) is 3.98. The maximum Gasteiger partial charge on any atom is 0.0426 e. The lowest BCUT2D eigenvalue weighted by Gasteiger charge is -2.25. The quantitative estimate of drug-likeness (QED) is 0.887. The minimum absolute atomic E-state index is 0.156. The minimum atomic E-state index is 0.156. The third-order valence-electron chi connectivity index (χ3n) is 3.98. The zero-order chi connectivity index (χ0) is 13.0. The fourth-order valence-corrected chi connectivity index (χ4v) is 2.94. The lowest BCUT2D eigenvalue weighted by molar-refractivity contribution is 0.267. The molecule has 1 aromatic carbocycles. The Morgan fingerprint density at radius 2 is 1.78 bits per heavy atom. The van der Waals surface area contributed by atoms with Gasteiger partial charge >= 0.3 is 0 Å². The zero-order valence-electron chi connectivity index (χ0n) is 11.8. The highest BCUT2D eigenvalue weighted by Gasteiger charge is 2.15. The van der Waals surface area contributed by atoms with Crippen molar-refractivity contribution in [1.82, 2.24) is 4.90 Å². The Hall–Kier alpha value is -0.860. The second-order valence-electron chi connectivity index (χ2n) is 5.68. The highest BCUT2D eigenvalue weighted by Crippen LogP contribution is 2.19. The SMILES string of the molecule is Cc1ccc(C(N)CN2CCCCCC2)c(C)c1. The summed E-state index contributed by atoms with van der Waals surface area (Å²) in [6.07, 6.45) is 5.43. The third kappa shape index (κ3) is 3.56. The van der Waals surface area contributed by atoms with Gasteiger partial charge in [-0.05, 0) is 50.9 Å². The molecule has 0 aromatic heterocycles. The van der Waals surface area contributed by atoms with E-state index in [1.807, 2.05) is 0 Å². The van der Waals surface area contributed by atoms with Crippen molar-refractivity contribution < 1.29 is 0 Å². The van der Waals surface area contributed by atoms with Crippen LogP contribution >= 0.6 is 0 Å². The van der Waals surface area contributed by atoms with E-state index in [4.69, 9.17) is 5.73 Å². The monoisotopic (exact) mass is 246 g/mol. The van der Waals surface area contributed by atoms with Gasteiger partial charge in [0.2, 0.25) is 0 Å². The predicted molar refractivity (Wildman–Crippen MR) is 77.8 cm³/mol. The molecule has 1 fully saturated rings. The molecule has 1 aliphatic heterocycles. The Labute approximate surface area is 111 Å². The van der Waals surface area contributed by atoms with E-state index in [1.54, 1.807) is 0 Å². The molecule has 0 bridgehead atoms. The molecular formula is C16H26N2. The van der Waals surface area contributed by atoms with Gasteiger partial charge in [0.15, 0.2) is 0 Å². The van der Waals surface area contributed by atoms with E-state index in [-0.39, 0.29) is 6.04 Å². The molecule has 0 amide bonds. The first-order chi connectivity index (χ1) is 8.66. The maximum atomic E-state index is 6.39. The average Bonchev–Trinajstić information content (AvgIpc) is 2.57. The van der Waals surface area contributed by atoms with E-state index in [0.717, 1.165) is 6.54 Å². The van der Waals surface area contributed by atoms with Crippen molar-refractivity contribution in [3.63, 3.8) is 0 Å². The number of aryl methyl sites for hydroxylation is 2. The van der Waals surface area contributed by atoms with Gasteiger partial charge < -0.3 is 10.6 Å². The second-order valence-corrected chi connectivity index (χ2v) is 5.68. The molecule has 2 heteroatoms. The summed E-state index contributed by atoms with van der Waals surface area (Å²) in [5, 5.41) is 0. The summed E-state index contributed by atoms with van der Waals surface area (Å²) in [4.78, 5) is 2.54. The van der Waals surface area contributed by atoms with Gasteiger partial charge in [0, 0.05) is 12.6 Å². The van der Waals surface area contributed by atoms with Crippen LogP contribution in [-0.4, -0.2) is 24.5 Å². The van der Waals surface area contributed by atoms with E-state index in [0.29, 0.717) is 0 Å². The molecule has 2 N–H and O–H groups in total. The first-order valence-electron chi connectivity index (χ1n) is 7.22. The average molecular weight is 246 g/mol. The topological polar surface area (TPSA) is 29.3 Å². The van der Waals surface area contributed by atoms with Crippen LogP contribution in [0.5, 0.6) is 0 Å². The molecule has 1 saturated heterocycles. The Kier molecular flexibility index (Phi) is 4.79. The van der Waals surface area contributed by atoms with Gasteiger partial charge in [0.25, 0.3) is 0 Å². The summed E-state index contributed by atoms with van der Waals surface area (Å²) in [5.74, 6) is 0. The van der Waals surface area contributed by atoms with Gasteiger partial charge in [-0.2, -0.15) is 0 Å². The molecule has 1 heterocycles. The fraction of sp³-hybridized carbons (Fsp3) is 0.625. The van der Waals surface area contributed by atoms with Gasteiger partial charge in [-0.15, -0.1) is 0 Å². The molecule has 0 aliphatic carbocycles. The van der Waals surface area contributed by atoms with E-state index < -0.39 is 0 Å². The first-order valence-corrected chi connectivity index (χ1v) is 7.22. The van der Waals surface area contributed by atoms with Crippen molar-refractivity contribution in [1.29, 1.82) is 0 Å². The van der Waals surface area contributed by atoms with Crippen LogP contribution in [0.15, 0.2) is 18.2 Å². The number of hydrogen-bond acceptors (Lipinski definition) is 2. The van der Waals surface area contributed by atoms with Crippen LogP contribution in [0.3, 0.4) is 0 Å². The molecule has 1 unspecified atom stereocenters.